The van der Waals surface area contributed by atoms with E-state index >= 15 is 0 Å². The van der Waals surface area contributed by atoms with E-state index in [1.165, 1.54) is 96.3 Å². The first-order chi connectivity index (χ1) is 10.9. The fourth-order valence-corrected chi connectivity index (χ4v) is 2.93. The summed E-state index contributed by atoms with van der Waals surface area (Å²) in [6.45, 7) is 7.98. The molecule has 0 amide bonds. The summed E-state index contributed by atoms with van der Waals surface area (Å²) in [7, 11) is 0. The van der Waals surface area contributed by atoms with Crippen LogP contribution in [0.15, 0.2) is 0 Å². The minimum absolute atomic E-state index is 0.941. The highest BCUT2D eigenvalue weighted by atomic mass is 16.5. The normalized spacial score (nSPS) is 11.2. The molecule has 0 rings (SSSR count). The van der Waals surface area contributed by atoms with E-state index in [4.69, 9.17) is 4.74 Å². The van der Waals surface area contributed by atoms with Crippen molar-refractivity contribution in [2.24, 2.45) is 0 Å². The number of hydrogen-bond acceptors (Lipinski definition) is 1. The van der Waals surface area contributed by atoms with Crippen molar-refractivity contribution in [3.05, 3.63) is 6.92 Å². The fraction of sp³-hybridized carbons (Fsp3) is 0.952. The van der Waals surface area contributed by atoms with Gasteiger partial charge in [-0.15, -0.1) is 0 Å². The summed E-state index contributed by atoms with van der Waals surface area (Å²) in [6.07, 6.45) is 23.5. The highest BCUT2D eigenvalue weighted by Crippen LogP contribution is 2.13. The van der Waals surface area contributed by atoms with Gasteiger partial charge in [0.15, 0.2) is 0 Å². The average Bonchev–Trinajstić information content (AvgIpc) is 2.54. The SMILES string of the molecule is [CH2]CCCCCCCCCCCCCCCCCOCCC. The van der Waals surface area contributed by atoms with Gasteiger partial charge in [-0.3, -0.25) is 0 Å². The molecule has 0 aromatic carbocycles. The van der Waals surface area contributed by atoms with E-state index in [1.807, 2.05) is 0 Å². The average molecular weight is 312 g/mol. The van der Waals surface area contributed by atoms with E-state index in [0.717, 1.165) is 26.1 Å². The third-order valence-corrected chi connectivity index (χ3v) is 4.39. The molecule has 0 fully saturated rings. The van der Waals surface area contributed by atoms with Crippen molar-refractivity contribution in [2.75, 3.05) is 13.2 Å². The van der Waals surface area contributed by atoms with Gasteiger partial charge in [-0.2, -0.15) is 0 Å². The molecule has 0 bridgehead atoms. The molecule has 0 aromatic rings. The summed E-state index contributed by atoms with van der Waals surface area (Å²) in [5.74, 6) is 0. The summed E-state index contributed by atoms with van der Waals surface area (Å²) in [5, 5.41) is 0. The topological polar surface area (TPSA) is 9.23 Å². The van der Waals surface area contributed by atoms with Crippen LogP contribution < -0.4 is 0 Å². The van der Waals surface area contributed by atoms with Gasteiger partial charge in [0, 0.05) is 13.2 Å². The van der Waals surface area contributed by atoms with Gasteiger partial charge in [0.1, 0.15) is 0 Å². The molecule has 0 aliphatic rings. The van der Waals surface area contributed by atoms with Gasteiger partial charge in [-0.1, -0.05) is 110 Å². The maximum atomic E-state index is 5.50. The zero-order valence-electron chi connectivity index (χ0n) is 15.6. The second-order valence-electron chi connectivity index (χ2n) is 6.77. The quantitative estimate of drug-likeness (QED) is 0.224. The van der Waals surface area contributed by atoms with E-state index < -0.39 is 0 Å². The van der Waals surface area contributed by atoms with Crippen LogP contribution in [0.2, 0.25) is 0 Å². The van der Waals surface area contributed by atoms with Crippen LogP contribution in [-0.4, -0.2) is 13.2 Å². The molecule has 0 aliphatic carbocycles. The van der Waals surface area contributed by atoms with Gasteiger partial charge in [0.05, 0.1) is 0 Å². The van der Waals surface area contributed by atoms with E-state index in [2.05, 4.69) is 13.8 Å². The molecular weight excluding hydrogens is 268 g/mol. The van der Waals surface area contributed by atoms with Crippen molar-refractivity contribution in [1.82, 2.24) is 0 Å². The monoisotopic (exact) mass is 311 g/mol. The zero-order chi connectivity index (χ0) is 16.1. The Hall–Kier alpha value is -0.0400. The molecular formula is C21H43O. The summed E-state index contributed by atoms with van der Waals surface area (Å²) >= 11 is 0. The Morgan fingerprint density at radius 2 is 0.864 bits per heavy atom. The highest BCUT2D eigenvalue weighted by molar-refractivity contribution is 4.50. The zero-order valence-corrected chi connectivity index (χ0v) is 15.6. The number of ether oxygens (including phenoxy) is 1. The Morgan fingerprint density at radius 1 is 0.500 bits per heavy atom. The Bertz CT molecular complexity index is 159. The molecule has 133 valence electrons. The Labute approximate surface area is 141 Å². The second-order valence-corrected chi connectivity index (χ2v) is 6.77. The highest BCUT2D eigenvalue weighted by Gasteiger charge is 1.94. The van der Waals surface area contributed by atoms with Crippen LogP contribution in [0.4, 0.5) is 0 Å². The number of rotatable bonds is 19. The van der Waals surface area contributed by atoms with Crippen molar-refractivity contribution >= 4 is 0 Å². The maximum absolute atomic E-state index is 5.50. The molecule has 0 saturated carbocycles. The maximum Gasteiger partial charge on any atom is 0.0466 e. The van der Waals surface area contributed by atoms with Gasteiger partial charge in [0.2, 0.25) is 0 Å². The molecule has 0 spiro atoms. The van der Waals surface area contributed by atoms with Gasteiger partial charge < -0.3 is 4.74 Å². The van der Waals surface area contributed by atoms with E-state index in [-0.39, 0.29) is 0 Å². The molecule has 0 atom stereocenters. The third-order valence-electron chi connectivity index (χ3n) is 4.39. The Morgan fingerprint density at radius 3 is 1.23 bits per heavy atom. The molecule has 0 saturated heterocycles. The molecule has 0 unspecified atom stereocenters. The van der Waals surface area contributed by atoms with Crippen LogP contribution in [0.3, 0.4) is 0 Å². The summed E-state index contributed by atoms with van der Waals surface area (Å²) in [5.41, 5.74) is 0. The lowest BCUT2D eigenvalue weighted by Gasteiger charge is -2.04. The second kappa shape index (κ2) is 21.0. The first-order valence-corrected chi connectivity index (χ1v) is 10.3. The standard InChI is InChI=1S/C21H43O/c1-3-5-6-7-8-9-10-11-12-13-14-15-16-17-18-19-21-22-20-4-2/h1,3-21H2,2H3. The lowest BCUT2D eigenvalue weighted by Crippen LogP contribution is -1.95. The van der Waals surface area contributed by atoms with Gasteiger partial charge in [-0.05, 0) is 12.8 Å². The number of hydrogen-bond donors (Lipinski definition) is 0. The molecule has 0 heterocycles. The predicted octanol–water partition coefficient (Wildman–Crippen LogP) is 7.49. The van der Waals surface area contributed by atoms with Gasteiger partial charge >= 0.3 is 0 Å². The largest absolute Gasteiger partial charge is 0.381 e. The Balaban J connectivity index is 2.91. The molecule has 1 heteroatoms. The van der Waals surface area contributed by atoms with Crippen LogP contribution in [0.5, 0.6) is 0 Å². The van der Waals surface area contributed by atoms with Crippen LogP contribution in [-0.2, 0) is 4.74 Å². The van der Waals surface area contributed by atoms with Gasteiger partial charge in [0.25, 0.3) is 0 Å². The first-order valence-electron chi connectivity index (χ1n) is 10.3. The number of unbranched alkanes of at least 4 members (excludes halogenated alkanes) is 15. The van der Waals surface area contributed by atoms with Gasteiger partial charge in [-0.25, -0.2) is 0 Å². The van der Waals surface area contributed by atoms with Crippen LogP contribution in [0.1, 0.15) is 116 Å². The van der Waals surface area contributed by atoms with Crippen LogP contribution in [0.25, 0.3) is 0 Å². The fourth-order valence-electron chi connectivity index (χ4n) is 2.93. The van der Waals surface area contributed by atoms with Crippen molar-refractivity contribution in [3.8, 4) is 0 Å². The Kier molecular flexibility index (Phi) is 20.9. The molecule has 0 aliphatic heterocycles. The smallest absolute Gasteiger partial charge is 0.0466 e. The summed E-state index contributed by atoms with van der Waals surface area (Å²) in [4.78, 5) is 0. The van der Waals surface area contributed by atoms with Crippen molar-refractivity contribution in [3.63, 3.8) is 0 Å². The van der Waals surface area contributed by atoms with Crippen LogP contribution >= 0.6 is 0 Å². The van der Waals surface area contributed by atoms with Crippen LogP contribution in [0, 0.1) is 6.92 Å². The summed E-state index contributed by atoms with van der Waals surface area (Å²) < 4.78 is 5.50. The minimum atomic E-state index is 0.941. The van der Waals surface area contributed by atoms with E-state index in [1.54, 1.807) is 0 Å². The molecule has 1 radical (unpaired) electrons. The van der Waals surface area contributed by atoms with E-state index in [0.29, 0.717) is 0 Å². The van der Waals surface area contributed by atoms with E-state index in [9.17, 15) is 0 Å². The lowest BCUT2D eigenvalue weighted by atomic mass is 10.0. The lowest BCUT2D eigenvalue weighted by molar-refractivity contribution is 0.130. The molecule has 1 nitrogen and oxygen atoms in total. The van der Waals surface area contributed by atoms with Crippen molar-refractivity contribution in [2.45, 2.75) is 116 Å². The first kappa shape index (κ1) is 22.0. The molecule has 0 aromatic heterocycles. The molecule has 22 heavy (non-hydrogen) atoms. The van der Waals surface area contributed by atoms with Crippen molar-refractivity contribution in [1.29, 1.82) is 0 Å². The molecule has 0 N–H and O–H groups in total. The summed E-state index contributed by atoms with van der Waals surface area (Å²) in [6, 6.07) is 0. The minimum Gasteiger partial charge on any atom is -0.381 e. The third kappa shape index (κ3) is 20.0. The predicted molar refractivity (Wildman–Crippen MR) is 100 cm³/mol. The van der Waals surface area contributed by atoms with Crippen molar-refractivity contribution < 1.29 is 4.74 Å².